The molecule has 0 bridgehead atoms. The van der Waals surface area contributed by atoms with Crippen molar-refractivity contribution in [2.24, 2.45) is 11.7 Å². The van der Waals surface area contributed by atoms with E-state index in [1.54, 1.807) is 16.8 Å². The molecule has 1 saturated heterocycles. The van der Waals surface area contributed by atoms with Crippen molar-refractivity contribution >= 4 is 29.4 Å². The summed E-state index contributed by atoms with van der Waals surface area (Å²) >= 11 is -0.141. The highest BCUT2D eigenvalue weighted by molar-refractivity contribution is 8.00. The molecule has 1 aliphatic carbocycles. The number of nitrogens with zero attached hydrogens (tertiary/aromatic N) is 4. The van der Waals surface area contributed by atoms with Gasteiger partial charge in [-0.1, -0.05) is 12.1 Å². The summed E-state index contributed by atoms with van der Waals surface area (Å²) < 4.78 is 39.2. The van der Waals surface area contributed by atoms with Crippen LogP contribution in [0.1, 0.15) is 48.0 Å². The molecule has 8 nitrogen and oxygen atoms in total. The highest BCUT2D eigenvalue weighted by Gasteiger charge is 2.39. The Bertz CT molecular complexity index is 1130. The lowest BCUT2D eigenvalue weighted by Crippen LogP contribution is -2.46. The van der Waals surface area contributed by atoms with Gasteiger partial charge in [-0.15, -0.1) is 0 Å². The van der Waals surface area contributed by atoms with E-state index in [1.165, 1.54) is 18.3 Å². The number of alkyl halides is 3. The van der Waals surface area contributed by atoms with Crippen molar-refractivity contribution in [2.75, 3.05) is 18.4 Å². The van der Waals surface area contributed by atoms with Crippen LogP contribution in [-0.4, -0.2) is 45.1 Å². The summed E-state index contributed by atoms with van der Waals surface area (Å²) in [5, 5.41) is 16.7. The van der Waals surface area contributed by atoms with E-state index in [2.05, 4.69) is 21.4 Å². The minimum Gasteiger partial charge on any atom is -0.365 e. The number of carbonyl (C=O) groups is 2. The molecule has 12 heteroatoms. The number of aromatic nitrogens is 2. The molecule has 2 heterocycles. The number of amides is 2. The Morgan fingerprint density at radius 1 is 1.23 bits per heavy atom. The molecule has 2 fully saturated rings. The Kier molecular flexibility index (Phi) is 7.10. The van der Waals surface area contributed by atoms with E-state index in [0.29, 0.717) is 32.5 Å². The van der Waals surface area contributed by atoms with Crippen LogP contribution in [-0.2, 0) is 16.9 Å². The summed E-state index contributed by atoms with van der Waals surface area (Å²) in [6.07, 6.45) is 4.42. The first-order chi connectivity index (χ1) is 16.6. The van der Waals surface area contributed by atoms with Crippen molar-refractivity contribution in [3.05, 3.63) is 41.6 Å². The Balaban J connectivity index is 1.45. The zero-order chi connectivity index (χ0) is 25.2. The van der Waals surface area contributed by atoms with E-state index < -0.39 is 17.0 Å². The van der Waals surface area contributed by atoms with Crippen LogP contribution in [0.3, 0.4) is 0 Å². The second kappa shape index (κ2) is 9.91. The normalized spacial score (nSPS) is 18.1. The minimum atomic E-state index is -4.32. The predicted octanol–water partition coefficient (Wildman–Crippen LogP) is 3.85. The number of piperidine rings is 1. The van der Waals surface area contributed by atoms with Crippen molar-refractivity contribution in [1.82, 2.24) is 14.7 Å². The molecule has 1 aliphatic heterocycles. The van der Waals surface area contributed by atoms with Crippen molar-refractivity contribution in [1.29, 1.82) is 5.26 Å². The molecule has 186 valence electrons. The fourth-order valence-electron chi connectivity index (χ4n) is 4.27. The first kappa shape index (κ1) is 25.1. The van der Waals surface area contributed by atoms with Gasteiger partial charge in [0, 0.05) is 36.6 Å². The largest absolute Gasteiger partial charge is 0.446 e. The summed E-state index contributed by atoms with van der Waals surface area (Å²) in [4.78, 5) is 26.5. The zero-order valence-electron chi connectivity index (χ0n) is 18.8. The molecule has 4 rings (SSSR count). The molecule has 0 atom stereocenters. The lowest BCUT2D eigenvalue weighted by molar-refractivity contribution is -0.117. The molecule has 2 aromatic rings. The van der Waals surface area contributed by atoms with Gasteiger partial charge in [-0.2, -0.15) is 23.5 Å². The SMILES string of the molecule is N#CCC1(n2cc(C(N)=O)c(NC(=O)C3CC3)n2)CCN(Cc2ccc(SC(F)(F)F)cc2)CC1. The second-order valence-electron chi connectivity index (χ2n) is 8.99. The maximum absolute atomic E-state index is 12.5. The van der Waals surface area contributed by atoms with Gasteiger partial charge >= 0.3 is 5.51 Å². The summed E-state index contributed by atoms with van der Waals surface area (Å²) in [6.45, 7) is 1.81. The van der Waals surface area contributed by atoms with E-state index in [9.17, 15) is 28.0 Å². The molecule has 1 saturated carbocycles. The number of primary amides is 1. The summed E-state index contributed by atoms with van der Waals surface area (Å²) in [7, 11) is 0. The molecular weight excluding hydrogens is 481 g/mol. The fraction of sp³-hybridized carbons (Fsp3) is 0.478. The Morgan fingerprint density at radius 2 is 1.89 bits per heavy atom. The Labute approximate surface area is 204 Å². The van der Waals surface area contributed by atoms with Crippen LogP contribution in [0.5, 0.6) is 0 Å². The van der Waals surface area contributed by atoms with E-state index in [-0.39, 0.29) is 46.3 Å². The number of nitrogens with one attached hydrogen (secondary N) is 1. The van der Waals surface area contributed by atoms with Crippen molar-refractivity contribution in [2.45, 2.75) is 54.6 Å². The quantitative estimate of drug-likeness (QED) is 0.526. The van der Waals surface area contributed by atoms with Gasteiger partial charge in [-0.05, 0) is 55.1 Å². The van der Waals surface area contributed by atoms with Gasteiger partial charge in [0.2, 0.25) is 5.91 Å². The van der Waals surface area contributed by atoms with Gasteiger partial charge in [0.15, 0.2) is 5.82 Å². The number of anilines is 1. The molecule has 3 N–H and O–H groups in total. The zero-order valence-corrected chi connectivity index (χ0v) is 19.7. The molecule has 0 spiro atoms. The highest BCUT2D eigenvalue weighted by Crippen LogP contribution is 2.38. The number of rotatable bonds is 8. The van der Waals surface area contributed by atoms with Gasteiger partial charge in [0.05, 0.1) is 18.0 Å². The maximum atomic E-state index is 12.5. The van der Waals surface area contributed by atoms with Crippen LogP contribution in [0.15, 0.2) is 35.4 Å². The number of hydrogen-bond donors (Lipinski definition) is 2. The third-order valence-corrected chi connectivity index (χ3v) is 7.15. The highest BCUT2D eigenvalue weighted by atomic mass is 32.2. The smallest absolute Gasteiger partial charge is 0.365 e. The molecular formula is C23H25F3N6O2S. The third-order valence-electron chi connectivity index (χ3n) is 6.41. The number of likely N-dealkylation sites (tertiary alicyclic amines) is 1. The number of nitrogens with two attached hydrogens (primary N) is 1. The van der Waals surface area contributed by atoms with Crippen molar-refractivity contribution < 1.29 is 22.8 Å². The first-order valence-corrected chi connectivity index (χ1v) is 12.0. The molecule has 1 aromatic carbocycles. The van der Waals surface area contributed by atoms with E-state index >= 15 is 0 Å². The van der Waals surface area contributed by atoms with Gasteiger partial charge < -0.3 is 11.1 Å². The summed E-state index contributed by atoms with van der Waals surface area (Å²) in [5.74, 6) is -0.857. The number of thioether (sulfide) groups is 1. The standard InChI is InChI=1S/C23H25F3N6O2S/c24-23(25,26)35-17-5-1-15(2-6-17)13-31-11-8-22(7-10-27,9-12-31)32-14-18(19(28)33)20(30-32)29-21(34)16-3-4-16/h1-2,5-6,14,16H,3-4,7-9,11-13H2,(H2,28,33)(H,29,30,34). The van der Waals surface area contributed by atoms with Crippen molar-refractivity contribution in [3.8, 4) is 6.07 Å². The number of halogens is 3. The number of nitriles is 1. The third kappa shape index (κ3) is 6.15. The van der Waals surface area contributed by atoms with Gasteiger partial charge in [0.1, 0.15) is 5.56 Å². The van der Waals surface area contributed by atoms with Gasteiger partial charge in [-0.25, -0.2) is 0 Å². The summed E-state index contributed by atoms with van der Waals surface area (Å²) in [6, 6.07) is 8.51. The Hall–Kier alpha value is -3.04. The number of hydrogen-bond acceptors (Lipinski definition) is 6. The monoisotopic (exact) mass is 506 g/mol. The van der Waals surface area contributed by atoms with Crippen LogP contribution in [0.2, 0.25) is 0 Å². The average Bonchev–Trinajstić information content (AvgIpc) is 3.56. The van der Waals surface area contributed by atoms with Crippen molar-refractivity contribution in [3.63, 3.8) is 0 Å². The molecule has 0 unspecified atom stereocenters. The molecule has 35 heavy (non-hydrogen) atoms. The first-order valence-electron chi connectivity index (χ1n) is 11.2. The average molecular weight is 507 g/mol. The van der Waals surface area contributed by atoms with E-state index in [0.717, 1.165) is 18.4 Å². The molecule has 1 aromatic heterocycles. The molecule has 2 amide bonds. The number of carbonyl (C=O) groups excluding carboxylic acids is 2. The second-order valence-corrected chi connectivity index (χ2v) is 10.1. The van der Waals surface area contributed by atoms with Gasteiger partial charge in [-0.3, -0.25) is 19.2 Å². The molecule has 2 aliphatic rings. The summed E-state index contributed by atoms with van der Waals surface area (Å²) in [5.41, 5.74) is 1.53. The molecule has 0 radical (unpaired) electrons. The Morgan fingerprint density at radius 3 is 2.43 bits per heavy atom. The topological polar surface area (TPSA) is 117 Å². The van der Waals surface area contributed by atoms with Crippen LogP contribution >= 0.6 is 11.8 Å². The van der Waals surface area contributed by atoms with E-state index in [4.69, 9.17) is 5.73 Å². The fourth-order valence-corrected chi connectivity index (χ4v) is 4.81. The lowest BCUT2D eigenvalue weighted by atomic mass is 9.84. The predicted molar refractivity (Wildman–Crippen MR) is 123 cm³/mol. The maximum Gasteiger partial charge on any atom is 0.446 e. The van der Waals surface area contributed by atoms with E-state index in [1.807, 2.05) is 0 Å². The van der Waals surface area contributed by atoms with Crippen LogP contribution in [0, 0.1) is 17.2 Å². The lowest BCUT2D eigenvalue weighted by Gasteiger charge is -2.40. The number of benzene rings is 1. The van der Waals surface area contributed by atoms with Crippen LogP contribution in [0.25, 0.3) is 0 Å². The van der Waals surface area contributed by atoms with Crippen LogP contribution < -0.4 is 11.1 Å². The van der Waals surface area contributed by atoms with Gasteiger partial charge in [0.25, 0.3) is 5.91 Å². The minimum absolute atomic E-state index is 0.0710. The van der Waals surface area contributed by atoms with Crippen LogP contribution in [0.4, 0.5) is 19.0 Å².